The summed E-state index contributed by atoms with van der Waals surface area (Å²) in [7, 11) is 0. The second kappa shape index (κ2) is 3.42. The summed E-state index contributed by atoms with van der Waals surface area (Å²) in [4.78, 5) is 4.21. The molecule has 2 aromatic rings. The van der Waals surface area contributed by atoms with Crippen LogP contribution in [0.3, 0.4) is 0 Å². The van der Waals surface area contributed by atoms with Crippen LogP contribution >= 0.6 is 11.3 Å². The summed E-state index contributed by atoms with van der Waals surface area (Å²) in [5, 5.41) is 0.634. The van der Waals surface area contributed by atoms with Crippen LogP contribution in [0.5, 0.6) is 0 Å². The third-order valence-electron chi connectivity index (χ3n) is 1.88. The number of nitrogen functional groups attached to an aromatic ring is 1. The lowest BCUT2D eigenvalue weighted by atomic mass is 10.1. The molecule has 2 rings (SSSR count). The molecule has 0 saturated carbocycles. The fraction of sp³-hybridized carbons (Fsp3) is 0.182. The fourth-order valence-corrected chi connectivity index (χ4v) is 2.16. The number of fused-ring (bicyclic) bond motifs is 1. The molecule has 0 fully saturated rings. The molecular formula is C11H12N2S. The zero-order chi connectivity index (χ0) is 10.1. The number of rotatable bonds is 1. The number of nitrogens with two attached hydrogens (primary N) is 1. The highest BCUT2D eigenvalue weighted by atomic mass is 32.1. The van der Waals surface area contributed by atoms with E-state index in [0.29, 0.717) is 5.13 Å². The topological polar surface area (TPSA) is 38.9 Å². The number of nitrogens with zero attached hydrogens (tertiary/aromatic N) is 1. The minimum absolute atomic E-state index is 0.634. The van der Waals surface area contributed by atoms with Gasteiger partial charge in [-0.2, -0.15) is 0 Å². The zero-order valence-electron chi connectivity index (χ0n) is 8.24. The normalized spacial score (nSPS) is 10.4. The molecule has 0 aliphatic rings. The van der Waals surface area contributed by atoms with Crippen molar-refractivity contribution in [1.82, 2.24) is 4.98 Å². The van der Waals surface area contributed by atoms with Crippen LogP contribution in [0.1, 0.15) is 19.4 Å². The number of allylic oxidation sites excluding steroid dienone is 1. The largest absolute Gasteiger partial charge is 0.375 e. The maximum absolute atomic E-state index is 5.63. The molecule has 0 aliphatic carbocycles. The average molecular weight is 204 g/mol. The summed E-state index contributed by atoms with van der Waals surface area (Å²) in [6.45, 7) is 4.18. The predicted molar refractivity (Wildman–Crippen MR) is 63.4 cm³/mol. The van der Waals surface area contributed by atoms with Crippen molar-refractivity contribution in [2.24, 2.45) is 0 Å². The van der Waals surface area contributed by atoms with Crippen LogP contribution in [0.4, 0.5) is 5.13 Å². The number of thiazole rings is 1. The summed E-state index contributed by atoms with van der Waals surface area (Å²) in [5.41, 5.74) is 9.12. The summed E-state index contributed by atoms with van der Waals surface area (Å²) < 4.78 is 1.15. The van der Waals surface area contributed by atoms with Crippen LogP contribution < -0.4 is 5.73 Å². The van der Waals surface area contributed by atoms with E-state index in [1.165, 1.54) is 22.5 Å². The van der Waals surface area contributed by atoms with Gasteiger partial charge in [-0.05, 0) is 31.5 Å². The summed E-state index contributed by atoms with van der Waals surface area (Å²) >= 11 is 1.53. The summed E-state index contributed by atoms with van der Waals surface area (Å²) in [5.74, 6) is 0. The van der Waals surface area contributed by atoms with Gasteiger partial charge in [-0.3, -0.25) is 0 Å². The highest BCUT2D eigenvalue weighted by molar-refractivity contribution is 7.22. The van der Waals surface area contributed by atoms with Crippen LogP contribution in [-0.4, -0.2) is 4.98 Å². The van der Waals surface area contributed by atoms with E-state index < -0.39 is 0 Å². The molecule has 72 valence electrons. The average Bonchev–Trinajstić information content (AvgIpc) is 2.42. The highest BCUT2D eigenvalue weighted by Crippen LogP contribution is 2.25. The Morgan fingerprint density at radius 1 is 1.43 bits per heavy atom. The molecule has 0 amide bonds. The quantitative estimate of drug-likeness (QED) is 0.774. The van der Waals surface area contributed by atoms with Gasteiger partial charge >= 0.3 is 0 Å². The van der Waals surface area contributed by atoms with Gasteiger partial charge in [-0.15, -0.1) is 0 Å². The molecule has 1 aromatic carbocycles. The van der Waals surface area contributed by atoms with Crippen LogP contribution in [0, 0.1) is 0 Å². The van der Waals surface area contributed by atoms with E-state index in [1.54, 1.807) is 0 Å². The fourth-order valence-electron chi connectivity index (χ4n) is 1.38. The Morgan fingerprint density at radius 2 is 2.21 bits per heavy atom. The lowest BCUT2D eigenvalue weighted by Crippen LogP contribution is -1.79. The van der Waals surface area contributed by atoms with E-state index in [-0.39, 0.29) is 0 Å². The Kier molecular flexibility index (Phi) is 2.25. The van der Waals surface area contributed by atoms with Crippen molar-refractivity contribution >= 4 is 32.8 Å². The van der Waals surface area contributed by atoms with Gasteiger partial charge < -0.3 is 5.73 Å². The number of aromatic nitrogens is 1. The molecule has 0 radical (unpaired) electrons. The minimum Gasteiger partial charge on any atom is -0.375 e. The molecular weight excluding hydrogens is 192 g/mol. The van der Waals surface area contributed by atoms with E-state index in [4.69, 9.17) is 5.73 Å². The first-order valence-electron chi connectivity index (χ1n) is 4.46. The molecule has 2 nitrogen and oxygen atoms in total. The summed E-state index contributed by atoms with van der Waals surface area (Å²) in [6, 6.07) is 6.20. The van der Waals surface area contributed by atoms with Gasteiger partial charge in [0, 0.05) is 0 Å². The van der Waals surface area contributed by atoms with E-state index in [9.17, 15) is 0 Å². The Labute approximate surface area is 87.1 Å². The Morgan fingerprint density at radius 3 is 2.93 bits per heavy atom. The Bertz CT molecular complexity index is 493. The number of hydrogen-bond acceptors (Lipinski definition) is 3. The minimum atomic E-state index is 0.634. The van der Waals surface area contributed by atoms with Crippen molar-refractivity contribution in [3.8, 4) is 0 Å². The van der Waals surface area contributed by atoms with Crippen molar-refractivity contribution < 1.29 is 0 Å². The predicted octanol–water partition coefficient (Wildman–Crippen LogP) is 3.30. The third kappa shape index (κ3) is 1.77. The van der Waals surface area contributed by atoms with Crippen molar-refractivity contribution in [2.45, 2.75) is 13.8 Å². The SMILES string of the molecule is CC(C)=Cc1ccc2nc(N)sc2c1. The van der Waals surface area contributed by atoms with E-state index >= 15 is 0 Å². The van der Waals surface area contributed by atoms with Gasteiger partial charge in [-0.1, -0.05) is 29.1 Å². The van der Waals surface area contributed by atoms with Gasteiger partial charge in [0.25, 0.3) is 0 Å². The molecule has 1 aromatic heterocycles. The van der Waals surface area contributed by atoms with Crippen LogP contribution in [-0.2, 0) is 0 Å². The molecule has 2 N–H and O–H groups in total. The van der Waals surface area contributed by atoms with E-state index in [2.05, 4.69) is 37.0 Å². The Balaban J connectivity index is 2.56. The first kappa shape index (κ1) is 9.21. The van der Waals surface area contributed by atoms with Gasteiger partial charge in [0.1, 0.15) is 0 Å². The van der Waals surface area contributed by atoms with Gasteiger partial charge in [0.2, 0.25) is 0 Å². The van der Waals surface area contributed by atoms with E-state index in [1.807, 2.05) is 6.07 Å². The smallest absolute Gasteiger partial charge is 0.181 e. The molecule has 0 bridgehead atoms. The Hall–Kier alpha value is -1.35. The molecule has 0 unspecified atom stereocenters. The van der Waals surface area contributed by atoms with Crippen LogP contribution in [0.25, 0.3) is 16.3 Å². The first-order chi connectivity index (χ1) is 6.65. The zero-order valence-corrected chi connectivity index (χ0v) is 9.06. The lowest BCUT2D eigenvalue weighted by molar-refractivity contribution is 1.42. The summed E-state index contributed by atoms with van der Waals surface area (Å²) in [6.07, 6.45) is 2.15. The van der Waals surface area contributed by atoms with Gasteiger partial charge in [0.15, 0.2) is 5.13 Å². The third-order valence-corrected chi connectivity index (χ3v) is 2.73. The maximum Gasteiger partial charge on any atom is 0.181 e. The van der Waals surface area contributed by atoms with Crippen LogP contribution in [0.2, 0.25) is 0 Å². The van der Waals surface area contributed by atoms with Gasteiger partial charge in [-0.25, -0.2) is 4.98 Å². The monoisotopic (exact) mass is 204 g/mol. The standard InChI is InChI=1S/C11H12N2S/c1-7(2)5-8-3-4-9-10(6-8)14-11(12)13-9/h3-6H,1-2H3,(H2,12,13). The molecule has 1 heterocycles. The first-order valence-corrected chi connectivity index (χ1v) is 5.28. The maximum atomic E-state index is 5.63. The second-order valence-corrected chi connectivity index (χ2v) is 4.56. The molecule has 0 spiro atoms. The van der Waals surface area contributed by atoms with E-state index in [0.717, 1.165) is 10.2 Å². The van der Waals surface area contributed by atoms with Crippen molar-refractivity contribution in [3.63, 3.8) is 0 Å². The molecule has 3 heteroatoms. The number of hydrogen-bond donors (Lipinski definition) is 1. The highest BCUT2D eigenvalue weighted by Gasteiger charge is 2.00. The van der Waals surface area contributed by atoms with Gasteiger partial charge in [0.05, 0.1) is 10.2 Å². The molecule has 0 atom stereocenters. The second-order valence-electron chi connectivity index (χ2n) is 3.50. The van der Waals surface area contributed by atoms with Crippen molar-refractivity contribution in [3.05, 3.63) is 29.3 Å². The number of benzene rings is 1. The van der Waals surface area contributed by atoms with Crippen molar-refractivity contribution in [2.75, 3.05) is 5.73 Å². The lowest BCUT2D eigenvalue weighted by Gasteiger charge is -1.94. The number of anilines is 1. The molecule has 0 saturated heterocycles. The van der Waals surface area contributed by atoms with Crippen LogP contribution in [0.15, 0.2) is 23.8 Å². The van der Waals surface area contributed by atoms with Crippen molar-refractivity contribution in [1.29, 1.82) is 0 Å². The molecule has 0 aliphatic heterocycles. The molecule has 14 heavy (non-hydrogen) atoms.